The van der Waals surface area contributed by atoms with Gasteiger partial charge >= 0.3 is 0 Å². The average Bonchev–Trinajstić information content (AvgIpc) is 2.48. The smallest absolute Gasteiger partial charge is 0.230 e. The van der Waals surface area contributed by atoms with Crippen LogP contribution in [0.5, 0.6) is 5.75 Å². The van der Waals surface area contributed by atoms with Gasteiger partial charge in [0.15, 0.2) is 0 Å². The van der Waals surface area contributed by atoms with Gasteiger partial charge in [-0.05, 0) is 36.2 Å². The van der Waals surface area contributed by atoms with Gasteiger partial charge in [-0.25, -0.2) is 4.39 Å². The van der Waals surface area contributed by atoms with Crippen LogP contribution in [-0.2, 0) is 11.2 Å². The van der Waals surface area contributed by atoms with Crippen molar-refractivity contribution < 1.29 is 14.3 Å². The molecule has 2 aromatic carbocycles. The van der Waals surface area contributed by atoms with Gasteiger partial charge in [-0.2, -0.15) is 0 Å². The molecule has 3 nitrogen and oxygen atoms in total. The maximum absolute atomic E-state index is 12.7. The van der Waals surface area contributed by atoms with Crippen molar-refractivity contribution in [2.24, 2.45) is 0 Å². The number of hydrogen-bond donors (Lipinski definition) is 2. The van der Waals surface area contributed by atoms with Gasteiger partial charge in [0.05, 0.1) is 5.75 Å². The number of hydrogen-bond acceptors (Lipinski definition) is 3. The summed E-state index contributed by atoms with van der Waals surface area (Å²) in [5.41, 5.74) is 0.977. The molecule has 0 unspecified atom stereocenters. The first-order valence-corrected chi connectivity index (χ1v) is 7.55. The highest BCUT2D eigenvalue weighted by molar-refractivity contribution is 8.00. The van der Waals surface area contributed by atoms with Crippen LogP contribution < -0.4 is 5.32 Å². The Hall–Kier alpha value is -2.01. The van der Waals surface area contributed by atoms with Gasteiger partial charge in [-0.15, -0.1) is 11.8 Å². The van der Waals surface area contributed by atoms with Crippen LogP contribution in [-0.4, -0.2) is 23.3 Å². The molecule has 0 saturated carbocycles. The van der Waals surface area contributed by atoms with E-state index in [1.165, 1.54) is 23.9 Å². The quantitative estimate of drug-likeness (QED) is 0.807. The Bertz CT molecular complexity index is 601. The molecular weight excluding hydrogens is 289 g/mol. The van der Waals surface area contributed by atoms with Crippen molar-refractivity contribution in [3.8, 4) is 5.75 Å². The monoisotopic (exact) mass is 305 g/mol. The lowest BCUT2D eigenvalue weighted by Crippen LogP contribution is -2.27. The van der Waals surface area contributed by atoms with E-state index in [1.54, 1.807) is 30.3 Å². The molecule has 5 heteroatoms. The Morgan fingerprint density at radius 3 is 2.57 bits per heavy atom. The molecule has 0 aliphatic carbocycles. The average molecular weight is 305 g/mol. The minimum absolute atomic E-state index is 0.0923. The van der Waals surface area contributed by atoms with E-state index in [1.807, 2.05) is 6.07 Å². The molecule has 2 N–H and O–H groups in total. The van der Waals surface area contributed by atoms with Crippen LogP contribution >= 0.6 is 11.8 Å². The van der Waals surface area contributed by atoms with E-state index in [0.717, 1.165) is 5.56 Å². The molecule has 21 heavy (non-hydrogen) atoms. The number of carbonyl (C=O) groups excluding carboxylic acids is 1. The van der Waals surface area contributed by atoms with Gasteiger partial charge in [-0.3, -0.25) is 4.79 Å². The SMILES string of the molecule is O=C(CSc1ccccc1O)NCCc1ccc(F)cc1. The number of phenolic OH excluding ortho intramolecular Hbond substituents is 1. The van der Waals surface area contributed by atoms with Crippen LogP contribution in [0.15, 0.2) is 53.4 Å². The minimum atomic E-state index is -0.262. The van der Waals surface area contributed by atoms with Gasteiger partial charge in [0, 0.05) is 11.4 Å². The number of halogens is 1. The van der Waals surface area contributed by atoms with Crippen molar-refractivity contribution in [2.45, 2.75) is 11.3 Å². The lowest BCUT2D eigenvalue weighted by atomic mass is 10.1. The Balaban J connectivity index is 1.70. The van der Waals surface area contributed by atoms with E-state index < -0.39 is 0 Å². The van der Waals surface area contributed by atoms with Crippen LogP contribution in [0.1, 0.15) is 5.56 Å². The highest BCUT2D eigenvalue weighted by Gasteiger charge is 2.05. The number of rotatable bonds is 6. The summed E-state index contributed by atoms with van der Waals surface area (Å²) < 4.78 is 12.7. The molecule has 2 aromatic rings. The number of thioether (sulfide) groups is 1. The number of benzene rings is 2. The molecule has 0 saturated heterocycles. The number of amides is 1. The number of para-hydroxylation sites is 1. The molecule has 0 heterocycles. The fourth-order valence-electron chi connectivity index (χ4n) is 1.77. The fraction of sp³-hybridized carbons (Fsp3) is 0.188. The first-order chi connectivity index (χ1) is 10.1. The molecule has 0 atom stereocenters. The normalized spacial score (nSPS) is 10.3. The minimum Gasteiger partial charge on any atom is -0.507 e. The topological polar surface area (TPSA) is 49.3 Å². The lowest BCUT2D eigenvalue weighted by Gasteiger charge is -2.06. The Morgan fingerprint density at radius 2 is 1.86 bits per heavy atom. The molecule has 0 aromatic heterocycles. The third-order valence-electron chi connectivity index (χ3n) is 2.87. The second-order valence-electron chi connectivity index (χ2n) is 4.48. The van der Waals surface area contributed by atoms with Crippen LogP contribution in [0.2, 0.25) is 0 Å². The van der Waals surface area contributed by atoms with Gasteiger partial charge in [0.2, 0.25) is 5.91 Å². The largest absolute Gasteiger partial charge is 0.507 e. The third-order valence-corrected chi connectivity index (χ3v) is 3.94. The van der Waals surface area contributed by atoms with Gasteiger partial charge < -0.3 is 10.4 Å². The summed E-state index contributed by atoms with van der Waals surface area (Å²) in [5.74, 6) is 0.0786. The summed E-state index contributed by atoms with van der Waals surface area (Å²) in [4.78, 5) is 12.4. The van der Waals surface area contributed by atoms with Crippen molar-refractivity contribution in [1.82, 2.24) is 5.32 Å². The molecule has 2 rings (SSSR count). The maximum Gasteiger partial charge on any atom is 0.230 e. The van der Waals surface area contributed by atoms with Gasteiger partial charge in [0.1, 0.15) is 11.6 Å². The van der Waals surface area contributed by atoms with E-state index >= 15 is 0 Å². The summed E-state index contributed by atoms with van der Waals surface area (Å²) >= 11 is 1.29. The highest BCUT2D eigenvalue weighted by Crippen LogP contribution is 2.27. The van der Waals surface area contributed by atoms with E-state index in [-0.39, 0.29) is 23.2 Å². The highest BCUT2D eigenvalue weighted by atomic mass is 32.2. The molecule has 0 radical (unpaired) electrons. The van der Waals surface area contributed by atoms with Crippen LogP contribution in [0.3, 0.4) is 0 Å². The molecule has 1 amide bonds. The van der Waals surface area contributed by atoms with E-state index in [4.69, 9.17) is 0 Å². The summed E-state index contributed by atoms with van der Waals surface area (Å²) in [6, 6.07) is 13.1. The van der Waals surface area contributed by atoms with Crippen molar-refractivity contribution in [3.63, 3.8) is 0 Å². The first kappa shape index (κ1) is 15.4. The first-order valence-electron chi connectivity index (χ1n) is 6.57. The zero-order valence-electron chi connectivity index (χ0n) is 11.4. The summed E-state index contributed by atoms with van der Waals surface area (Å²) in [7, 11) is 0. The molecule has 0 spiro atoms. The molecular formula is C16H16FNO2S. The van der Waals surface area contributed by atoms with Crippen molar-refractivity contribution in [3.05, 3.63) is 59.9 Å². The molecule has 0 aliphatic rings. The summed E-state index contributed by atoms with van der Waals surface area (Å²) in [6.07, 6.45) is 0.660. The van der Waals surface area contributed by atoms with Crippen molar-refractivity contribution in [1.29, 1.82) is 0 Å². The Labute approximate surface area is 127 Å². The number of nitrogens with one attached hydrogen (secondary N) is 1. The zero-order chi connectivity index (χ0) is 15.1. The van der Waals surface area contributed by atoms with Gasteiger partial charge in [-0.1, -0.05) is 24.3 Å². The Morgan fingerprint density at radius 1 is 1.14 bits per heavy atom. The molecule has 0 fully saturated rings. The zero-order valence-corrected chi connectivity index (χ0v) is 12.2. The molecule has 0 aliphatic heterocycles. The molecule has 110 valence electrons. The number of carbonyl (C=O) groups is 1. The van der Waals surface area contributed by atoms with Crippen LogP contribution in [0.4, 0.5) is 4.39 Å². The van der Waals surface area contributed by atoms with Crippen LogP contribution in [0.25, 0.3) is 0 Å². The third kappa shape index (κ3) is 5.11. The lowest BCUT2D eigenvalue weighted by molar-refractivity contribution is -0.118. The second-order valence-corrected chi connectivity index (χ2v) is 5.50. The van der Waals surface area contributed by atoms with Crippen molar-refractivity contribution >= 4 is 17.7 Å². The van der Waals surface area contributed by atoms with Crippen LogP contribution in [0, 0.1) is 5.82 Å². The predicted molar refractivity (Wildman–Crippen MR) is 81.9 cm³/mol. The molecule has 0 bridgehead atoms. The van der Waals surface area contributed by atoms with E-state index in [2.05, 4.69) is 5.32 Å². The number of phenols is 1. The maximum atomic E-state index is 12.7. The van der Waals surface area contributed by atoms with Gasteiger partial charge in [0.25, 0.3) is 0 Å². The van der Waals surface area contributed by atoms with E-state index in [9.17, 15) is 14.3 Å². The summed E-state index contributed by atoms with van der Waals surface area (Å²) in [6.45, 7) is 0.506. The summed E-state index contributed by atoms with van der Waals surface area (Å²) in [5, 5.41) is 12.4. The van der Waals surface area contributed by atoms with Crippen molar-refractivity contribution in [2.75, 3.05) is 12.3 Å². The second kappa shape index (κ2) is 7.69. The predicted octanol–water partition coefficient (Wildman–Crippen LogP) is 2.98. The standard InChI is InChI=1S/C16H16FNO2S/c17-13-7-5-12(6-8-13)9-10-18-16(20)11-21-15-4-2-1-3-14(15)19/h1-8,19H,9-11H2,(H,18,20). The van der Waals surface area contributed by atoms with E-state index in [0.29, 0.717) is 17.9 Å². The fourth-order valence-corrected chi connectivity index (χ4v) is 2.55. The Kier molecular flexibility index (Phi) is 5.63. The number of aromatic hydroxyl groups is 1.